The van der Waals surface area contributed by atoms with Crippen LogP contribution in [0.2, 0.25) is 0 Å². The van der Waals surface area contributed by atoms with Crippen LogP contribution in [0.25, 0.3) is 0 Å². The van der Waals surface area contributed by atoms with E-state index >= 15 is 0 Å². The first-order valence-electron chi connectivity index (χ1n) is 9.95. The molecule has 1 aliphatic heterocycles. The second-order valence-corrected chi connectivity index (χ2v) is 6.92. The van der Waals surface area contributed by atoms with Crippen molar-refractivity contribution in [1.29, 1.82) is 0 Å². The van der Waals surface area contributed by atoms with Crippen molar-refractivity contribution >= 4 is 23.4 Å². The van der Waals surface area contributed by atoms with Gasteiger partial charge in [0.1, 0.15) is 23.8 Å². The zero-order chi connectivity index (χ0) is 21.6. The number of ether oxygens (including phenoxy) is 2. The van der Waals surface area contributed by atoms with E-state index in [2.05, 4.69) is 25.2 Å². The maximum atomic E-state index is 13.1. The van der Waals surface area contributed by atoms with Crippen molar-refractivity contribution in [3.63, 3.8) is 0 Å². The Morgan fingerprint density at radius 1 is 0.935 bits per heavy atom. The SMILES string of the molecule is COc1cccc(C(=O)N2CCN(c3cc(Nc4ccccn4)ncn3)CC2)c1OC. The average molecular weight is 420 g/mol. The lowest BCUT2D eigenvalue weighted by atomic mass is 10.1. The molecule has 1 aliphatic rings. The van der Waals surface area contributed by atoms with Gasteiger partial charge >= 0.3 is 0 Å². The van der Waals surface area contributed by atoms with Crippen LogP contribution in [0.4, 0.5) is 17.5 Å². The Labute approximate surface area is 180 Å². The molecule has 3 aromatic rings. The third-order valence-electron chi connectivity index (χ3n) is 5.10. The number of hydrogen-bond donors (Lipinski definition) is 1. The third kappa shape index (κ3) is 4.50. The summed E-state index contributed by atoms with van der Waals surface area (Å²) in [7, 11) is 3.10. The Morgan fingerprint density at radius 2 is 1.77 bits per heavy atom. The van der Waals surface area contributed by atoms with E-state index in [1.54, 1.807) is 31.5 Å². The zero-order valence-corrected chi connectivity index (χ0v) is 17.5. The molecular formula is C22H24N6O3. The minimum absolute atomic E-state index is 0.0735. The lowest BCUT2D eigenvalue weighted by Crippen LogP contribution is -2.49. The van der Waals surface area contributed by atoms with Crippen LogP contribution in [0.5, 0.6) is 11.5 Å². The monoisotopic (exact) mass is 420 g/mol. The molecule has 0 saturated carbocycles. The number of benzene rings is 1. The molecule has 160 valence electrons. The van der Waals surface area contributed by atoms with Crippen molar-refractivity contribution in [2.45, 2.75) is 0 Å². The number of anilines is 3. The van der Waals surface area contributed by atoms with Crippen molar-refractivity contribution in [2.75, 3.05) is 50.6 Å². The highest BCUT2D eigenvalue weighted by Crippen LogP contribution is 2.31. The summed E-state index contributed by atoms with van der Waals surface area (Å²) < 4.78 is 10.7. The number of aromatic nitrogens is 3. The van der Waals surface area contributed by atoms with Gasteiger partial charge in [-0.05, 0) is 24.3 Å². The van der Waals surface area contributed by atoms with Gasteiger partial charge in [0.15, 0.2) is 11.5 Å². The summed E-state index contributed by atoms with van der Waals surface area (Å²) in [6, 6.07) is 12.9. The van der Waals surface area contributed by atoms with E-state index in [-0.39, 0.29) is 5.91 Å². The Hall–Kier alpha value is -3.88. The molecule has 9 nitrogen and oxygen atoms in total. The second kappa shape index (κ2) is 9.29. The summed E-state index contributed by atoms with van der Waals surface area (Å²) in [6.07, 6.45) is 3.25. The van der Waals surface area contributed by atoms with Crippen molar-refractivity contribution in [3.05, 3.63) is 60.6 Å². The number of rotatable bonds is 6. The largest absolute Gasteiger partial charge is 0.493 e. The first kappa shape index (κ1) is 20.4. The van der Waals surface area contributed by atoms with E-state index in [0.717, 1.165) is 11.6 Å². The Bertz CT molecular complexity index is 1040. The van der Waals surface area contributed by atoms with Gasteiger partial charge < -0.3 is 24.6 Å². The van der Waals surface area contributed by atoms with Gasteiger partial charge in [0, 0.05) is 38.4 Å². The number of nitrogens with one attached hydrogen (secondary N) is 1. The third-order valence-corrected chi connectivity index (χ3v) is 5.10. The summed E-state index contributed by atoms with van der Waals surface area (Å²) in [5.41, 5.74) is 0.499. The van der Waals surface area contributed by atoms with Gasteiger partial charge in [0.05, 0.1) is 19.8 Å². The van der Waals surface area contributed by atoms with Crippen LogP contribution in [-0.4, -0.2) is 66.2 Å². The minimum Gasteiger partial charge on any atom is -0.493 e. The highest BCUT2D eigenvalue weighted by Gasteiger charge is 2.26. The molecule has 1 amide bonds. The lowest BCUT2D eigenvalue weighted by Gasteiger charge is -2.35. The molecule has 1 aromatic carbocycles. The highest BCUT2D eigenvalue weighted by atomic mass is 16.5. The summed E-state index contributed by atoms with van der Waals surface area (Å²) in [4.78, 5) is 30.0. The van der Waals surface area contributed by atoms with Gasteiger partial charge in [-0.25, -0.2) is 15.0 Å². The van der Waals surface area contributed by atoms with Gasteiger partial charge in [-0.15, -0.1) is 0 Å². The summed E-state index contributed by atoms with van der Waals surface area (Å²) in [5.74, 6) is 3.12. The zero-order valence-electron chi connectivity index (χ0n) is 17.5. The summed E-state index contributed by atoms with van der Waals surface area (Å²) >= 11 is 0. The molecular weight excluding hydrogens is 396 g/mol. The molecule has 9 heteroatoms. The van der Waals surface area contributed by atoms with E-state index in [4.69, 9.17) is 9.47 Å². The molecule has 31 heavy (non-hydrogen) atoms. The molecule has 0 bridgehead atoms. The molecule has 0 radical (unpaired) electrons. The second-order valence-electron chi connectivity index (χ2n) is 6.92. The molecule has 3 heterocycles. The van der Waals surface area contributed by atoms with E-state index in [0.29, 0.717) is 49.1 Å². The number of carbonyl (C=O) groups is 1. The van der Waals surface area contributed by atoms with Crippen LogP contribution in [-0.2, 0) is 0 Å². The molecule has 0 unspecified atom stereocenters. The van der Waals surface area contributed by atoms with Gasteiger partial charge in [0.25, 0.3) is 5.91 Å². The Balaban J connectivity index is 1.42. The number of amides is 1. The predicted molar refractivity (Wildman–Crippen MR) is 117 cm³/mol. The van der Waals surface area contributed by atoms with Crippen molar-refractivity contribution < 1.29 is 14.3 Å². The topological polar surface area (TPSA) is 92.7 Å². The van der Waals surface area contributed by atoms with Gasteiger partial charge in [-0.3, -0.25) is 4.79 Å². The van der Waals surface area contributed by atoms with Crippen LogP contribution < -0.4 is 19.7 Å². The first-order chi connectivity index (χ1) is 15.2. The average Bonchev–Trinajstić information content (AvgIpc) is 2.84. The number of pyridine rings is 1. The first-order valence-corrected chi connectivity index (χ1v) is 9.95. The van der Waals surface area contributed by atoms with Crippen LogP contribution >= 0.6 is 0 Å². The molecule has 1 fully saturated rings. The quantitative estimate of drug-likeness (QED) is 0.651. The van der Waals surface area contributed by atoms with Crippen LogP contribution in [0.3, 0.4) is 0 Å². The fraction of sp³-hybridized carbons (Fsp3) is 0.273. The van der Waals surface area contributed by atoms with Crippen LogP contribution in [0, 0.1) is 0 Å². The number of carbonyl (C=O) groups excluding carboxylic acids is 1. The molecule has 2 aromatic heterocycles. The van der Waals surface area contributed by atoms with Gasteiger partial charge in [-0.2, -0.15) is 0 Å². The number of hydrogen-bond acceptors (Lipinski definition) is 8. The van der Waals surface area contributed by atoms with Crippen LogP contribution in [0.15, 0.2) is 55.0 Å². The number of para-hydroxylation sites is 1. The van der Waals surface area contributed by atoms with Gasteiger partial charge in [-0.1, -0.05) is 12.1 Å². The molecule has 0 aliphatic carbocycles. The normalized spacial score (nSPS) is 13.6. The molecule has 0 spiro atoms. The molecule has 4 rings (SSSR count). The smallest absolute Gasteiger partial charge is 0.257 e. The molecule has 1 saturated heterocycles. The number of nitrogens with zero attached hydrogens (tertiary/aromatic N) is 5. The molecule has 1 N–H and O–H groups in total. The fourth-order valence-corrected chi connectivity index (χ4v) is 3.52. The van der Waals surface area contributed by atoms with Crippen molar-refractivity contribution in [1.82, 2.24) is 19.9 Å². The lowest BCUT2D eigenvalue weighted by molar-refractivity contribution is 0.0742. The Morgan fingerprint density at radius 3 is 2.48 bits per heavy atom. The number of methoxy groups -OCH3 is 2. The maximum absolute atomic E-state index is 13.1. The summed E-state index contributed by atoms with van der Waals surface area (Å²) in [6.45, 7) is 2.48. The maximum Gasteiger partial charge on any atom is 0.257 e. The fourth-order valence-electron chi connectivity index (χ4n) is 3.52. The summed E-state index contributed by atoms with van der Waals surface area (Å²) in [5, 5.41) is 3.18. The van der Waals surface area contributed by atoms with E-state index < -0.39 is 0 Å². The van der Waals surface area contributed by atoms with E-state index in [1.807, 2.05) is 29.2 Å². The van der Waals surface area contributed by atoms with Crippen LogP contribution in [0.1, 0.15) is 10.4 Å². The minimum atomic E-state index is -0.0735. The van der Waals surface area contributed by atoms with E-state index in [9.17, 15) is 4.79 Å². The van der Waals surface area contributed by atoms with Gasteiger partial charge in [0.2, 0.25) is 0 Å². The Kier molecular flexibility index (Phi) is 6.11. The van der Waals surface area contributed by atoms with Crippen molar-refractivity contribution in [2.24, 2.45) is 0 Å². The number of piperazine rings is 1. The standard InChI is InChI=1S/C22H24N6O3/c1-30-17-7-5-6-16(21(17)31-2)22(29)28-12-10-27(11-13-28)20-14-19(24-15-25-20)26-18-8-3-4-9-23-18/h3-9,14-15H,10-13H2,1-2H3,(H,23,24,25,26). The predicted octanol–water partition coefficient (Wildman–Crippen LogP) is 2.59. The van der Waals surface area contributed by atoms with E-state index in [1.165, 1.54) is 13.4 Å². The molecule has 0 atom stereocenters. The highest BCUT2D eigenvalue weighted by molar-refractivity contribution is 5.98. The van der Waals surface area contributed by atoms with Crippen molar-refractivity contribution in [3.8, 4) is 11.5 Å².